The number of amides is 1. The van der Waals surface area contributed by atoms with Crippen molar-refractivity contribution in [1.29, 1.82) is 0 Å². The van der Waals surface area contributed by atoms with E-state index in [0.717, 1.165) is 37.7 Å². The molecule has 0 saturated carbocycles. The summed E-state index contributed by atoms with van der Waals surface area (Å²) < 4.78 is 0. The van der Waals surface area contributed by atoms with Crippen LogP contribution in [0.5, 0.6) is 0 Å². The van der Waals surface area contributed by atoms with Crippen LogP contribution in [0.1, 0.15) is 69.9 Å². The van der Waals surface area contributed by atoms with Gasteiger partial charge in [-0.25, -0.2) is 0 Å². The molecule has 0 fully saturated rings. The number of unbranched alkanes of at least 4 members (excludes halogenated alkanes) is 3. The molecule has 2 aromatic heterocycles. The van der Waals surface area contributed by atoms with Crippen LogP contribution in [0.2, 0.25) is 0 Å². The topological polar surface area (TPSA) is 54.9 Å². The average Bonchev–Trinajstić information content (AvgIpc) is 2.76. The van der Waals surface area contributed by atoms with Gasteiger partial charge >= 0.3 is 0 Å². The summed E-state index contributed by atoms with van der Waals surface area (Å²) in [6, 6.07) is 8.24. The Morgan fingerprint density at radius 3 is 2.57 bits per heavy atom. The van der Waals surface area contributed by atoms with Gasteiger partial charge in [0, 0.05) is 36.9 Å². The van der Waals surface area contributed by atoms with Crippen LogP contribution >= 0.6 is 0 Å². The van der Waals surface area contributed by atoms with Crippen molar-refractivity contribution >= 4 is 11.5 Å². The molecule has 0 saturated heterocycles. The number of aromatic nitrogens is 2. The first kappa shape index (κ1) is 23.5. The maximum Gasteiger partial charge on any atom is 0.244 e. The van der Waals surface area contributed by atoms with Gasteiger partial charge in [0.2, 0.25) is 5.91 Å². The minimum absolute atomic E-state index is 0.0448. The van der Waals surface area contributed by atoms with Gasteiger partial charge in [0.05, 0.1) is 0 Å². The van der Waals surface area contributed by atoms with E-state index in [9.17, 15) is 4.79 Å². The molecule has 0 bridgehead atoms. The monoisotopic (exact) mass is 405 g/mol. The highest BCUT2D eigenvalue weighted by atomic mass is 16.1. The molecular formula is C26H35N3O. The van der Waals surface area contributed by atoms with Gasteiger partial charge < -0.3 is 5.32 Å². The lowest BCUT2D eigenvalue weighted by atomic mass is 10.00. The maximum absolute atomic E-state index is 12.3. The summed E-state index contributed by atoms with van der Waals surface area (Å²) in [5, 5.41) is 3.06. The van der Waals surface area contributed by atoms with Crippen molar-refractivity contribution in [3.63, 3.8) is 0 Å². The normalized spacial score (nSPS) is 12.8. The first-order valence-corrected chi connectivity index (χ1v) is 11.2. The van der Waals surface area contributed by atoms with Crippen molar-refractivity contribution in [1.82, 2.24) is 15.3 Å². The molecule has 1 N–H and O–H groups in total. The van der Waals surface area contributed by atoms with Gasteiger partial charge in [-0.05, 0) is 67.9 Å². The second-order valence-electron chi connectivity index (χ2n) is 7.77. The van der Waals surface area contributed by atoms with Crippen LogP contribution in [0.3, 0.4) is 0 Å². The summed E-state index contributed by atoms with van der Waals surface area (Å²) in [4.78, 5) is 20.6. The fourth-order valence-electron chi connectivity index (χ4n) is 3.39. The van der Waals surface area contributed by atoms with Gasteiger partial charge in [-0.3, -0.25) is 14.8 Å². The van der Waals surface area contributed by atoms with E-state index in [0.29, 0.717) is 0 Å². The van der Waals surface area contributed by atoms with Crippen molar-refractivity contribution in [3.05, 3.63) is 78.4 Å². The van der Waals surface area contributed by atoms with Crippen molar-refractivity contribution in [3.8, 4) is 0 Å². The van der Waals surface area contributed by atoms with Crippen LogP contribution in [0.25, 0.3) is 5.57 Å². The third kappa shape index (κ3) is 9.64. The Balaban J connectivity index is 1.81. The molecule has 0 radical (unpaired) electrons. The lowest BCUT2D eigenvalue weighted by Crippen LogP contribution is -2.31. The van der Waals surface area contributed by atoms with Crippen LogP contribution in [0, 0.1) is 0 Å². The van der Waals surface area contributed by atoms with Gasteiger partial charge in [-0.2, -0.15) is 0 Å². The quantitative estimate of drug-likeness (QED) is 0.256. The van der Waals surface area contributed by atoms with Gasteiger partial charge in [0.1, 0.15) is 0 Å². The van der Waals surface area contributed by atoms with E-state index in [2.05, 4.69) is 47.3 Å². The number of rotatable bonds is 13. The van der Waals surface area contributed by atoms with Gasteiger partial charge in [0.25, 0.3) is 0 Å². The summed E-state index contributed by atoms with van der Waals surface area (Å²) in [6.45, 7) is 4.28. The summed E-state index contributed by atoms with van der Waals surface area (Å²) in [5.74, 6) is -0.0448. The number of nitrogens with one attached hydrogen (secondary N) is 1. The van der Waals surface area contributed by atoms with E-state index < -0.39 is 0 Å². The average molecular weight is 406 g/mol. The van der Waals surface area contributed by atoms with Crippen LogP contribution in [0.4, 0.5) is 0 Å². The molecule has 4 nitrogen and oxygen atoms in total. The minimum Gasteiger partial charge on any atom is -0.350 e. The molecule has 160 valence electrons. The highest BCUT2D eigenvalue weighted by molar-refractivity contribution is 5.88. The Labute approximate surface area is 181 Å². The molecule has 0 aliphatic rings. The van der Waals surface area contributed by atoms with Crippen LogP contribution < -0.4 is 5.32 Å². The molecule has 4 heteroatoms. The minimum atomic E-state index is -0.0448. The van der Waals surface area contributed by atoms with E-state index in [1.807, 2.05) is 30.6 Å². The van der Waals surface area contributed by atoms with Crippen LogP contribution in [-0.4, -0.2) is 21.9 Å². The number of aryl methyl sites for hydroxylation is 1. The molecule has 30 heavy (non-hydrogen) atoms. The molecule has 0 unspecified atom stereocenters. The number of nitrogens with zero attached hydrogens (tertiary/aromatic N) is 2. The predicted octanol–water partition coefficient (Wildman–Crippen LogP) is 5.91. The molecule has 1 atom stereocenters. The largest absolute Gasteiger partial charge is 0.350 e. The summed E-state index contributed by atoms with van der Waals surface area (Å²) >= 11 is 0. The Morgan fingerprint density at radius 2 is 1.87 bits per heavy atom. The Morgan fingerprint density at radius 1 is 1.07 bits per heavy atom. The first-order valence-electron chi connectivity index (χ1n) is 11.2. The number of pyridine rings is 2. The maximum atomic E-state index is 12.3. The number of allylic oxidation sites excluding steroid dienone is 3. The highest BCUT2D eigenvalue weighted by Crippen LogP contribution is 2.21. The smallest absolute Gasteiger partial charge is 0.244 e. The third-order valence-corrected chi connectivity index (χ3v) is 5.09. The summed E-state index contributed by atoms with van der Waals surface area (Å²) in [6.07, 6.45) is 21.8. The van der Waals surface area contributed by atoms with Gasteiger partial charge in [0.15, 0.2) is 0 Å². The molecular weight excluding hydrogens is 370 g/mol. The van der Waals surface area contributed by atoms with Crippen LogP contribution in [-0.2, 0) is 11.2 Å². The number of carbonyl (C=O) groups excluding carboxylic acids is 1. The van der Waals surface area contributed by atoms with E-state index in [1.165, 1.54) is 30.4 Å². The SMILES string of the molecule is CCCCCC/C(=C/C=C/C(=O)N[C@H](C)CCCc1cccnc1)c1cccnc1. The van der Waals surface area contributed by atoms with E-state index in [1.54, 1.807) is 18.5 Å². The van der Waals surface area contributed by atoms with Crippen molar-refractivity contribution in [2.24, 2.45) is 0 Å². The predicted molar refractivity (Wildman–Crippen MR) is 125 cm³/mol. The molecule has 2 heterocycles. The number of carbonyl (C=O) groups is 1. The lowest BCUT2D eigenvalue weighted by Gasteiger charge is -2.12. The summed E-state index contributed by atoms with van der Waals surface area (Å²) in [7, 11) is 0. The van der Waals surface area contributed by atoms with Gasteiger partial charge in [-0.15, -0.1) is 0 Å². The third-order valence-electron chi connectivity index (χ3n) is 5.09. The van der Waals surface area contributed by atoms with E-state index >= 15 is 0 Å². The zero-order valence-electron chi connectivity index (χ0n) is 18.4. The van der Waals surface area contributed by atoms with E-state index in [-0.39, 0.29) is 11.9 Å². The standard InChI is InChI=1S/C26H35N3O/c1-3-4-5-6-14-24(25-16-10-19-28-21-25)15-8-17-26(30)29-22(2)11-7-12-23-13-9-18-27-20-23/h8-10,13,15-22H,3-7,11-12,14H2,1-2H3,(H,29,30)/b17-8+,24-15-/t22-/m1/s1. The van der Waals surface area contributed by atoms with Crippen LogP contribution in [0.15, 0.2) is 67.3 Å². The Kier molecular flexibility index (Phi) is 11.2. The Bertz CT molecular complexity index is 784. The molecule has 2 rings (SSSR count). The van der Waals surface area contributed by atoms with Crippen molar-refractivity contribution in [2.45, 2.75) is 71.3 Å². The summed E-state index contributed by atoms with van der Waals surface area (Å²) in [5.41, 5.74) is 3.60. The van der Waals surface area contributed by atoms with Crippen molar-refractivity contribution < 1.29 is 4.79 Å². The zero-order valence-corrected chi connectivity index (χ0v) is 18.4. The second-order valence-corrected chi connectivity index (χ2v) is 7.77. The first-order chi connectivity index (χ1) is 14.7. The second kappa shape index (κ2) is 14.3. The Hall–Kier alpha value is -2.75. The lowest BCUT2D eigenvalue weighted by molar-refractivity contribution is -0.117. The highest BCUT2D eigenvalue weighted by Gasteiger charge is 2.05. The molecule has 1 amide bonds. The molecule has 2 aromatic rings. The fourth-order valence-corrected chi connectivity index (χ4v) is 3.39. The number of hydrogen-bond donors (Lipinski definition) is 1. The number of hydrogen-bond acceptors (Lipinski definition) is 3. The zero-order chi connectivity index (χ0) is 21.4. The molecule has 0 aliphatic heterocycles. The van der Waals surface area contributed by atoms with E-state index in [4.69, 9.17) is 0 Å². The van der Waals surface area contributed by atoms with Crippen molar-refractivity contribution in [2.75, 3.05) is 0 Å². The molecule has 0 aliphatic carbocycles. The molecule has 0 spiro atoms. The molecule has 0 aromatic carbocycles. The fraction of sp³-hybridized carbons (Fsp3) is 0.423. The van der Waals surface area contributed by atoms with Gasteiger partial charge in [-0.1, -0.05) is 50.5 Å².